The van der Waals surface area contributed by atoms with Crippen LogP contribution in [0, 0.1) is 6.92 Å². The maximum absolute atomic E-state index is 12.1. The molecule has 2 aromatic rings. The largest absolute Gasteiger partial charge is 0.396 e. The van der Waals surface area contributed by atoms with Crippen LogP contribution in [0.2, 0.25) is 0 Å². The van der Waals surface area contributed by atoms with Gasteiger partial charge in [0.15, 0.2) is 0 Å². The van der Waals surface area contributed by atoms with Gasteiger partial charge >= 0.3 is 0 Å². The van der Waals surface area contributed by atoms with Gasteiger partial charge in [-0.25, -0.2) is 13.1 Å². The Hall–Kier alpha value is -0.900. The molecular weight excluding hydrogens is 352 g/mol. The van der Waals surface area contributed by atoms with Crippen molar-refractivity contribution in [1.29, 1.82) is 0 Å². The molecule has 0 saturated carbocycles. The van der Waals surface area contributed by atoms with Gasteiger partial charge in [0.1, 0.15) is 0 Å². The standard InChI is InChI=1S/C10H13BrN4O2S2/c1-7-9(4-10(11)18-7)19(16,17)14-2-3-15-6-8(12)5-13-15/h4-6,14H,2-3,12H2,1H3. The van der Waals surface area contributed by atoms with Crippen LogP contribution in [0.4, 0.5) is 5.69 Å². The fourth-order valence-electron chi connectivity index (χ4n) is 1.57. The Balaban J connectivity index is 2.00. The number of nitrogens with zero attached hydrogens (tertiary/aromatic N) is 2. The molecular formula is C10H13BrN4O2S2. The maximum Gasteiger partial charge on any atom is 0.241 e. The molecule has 6 nitrogen and oxygen atoms in total. The van der Waals surface area contributed by atoms with E-state index in [1.54, 1.807) is 23.9 Å². The van der Waals surface area contributed by atoms with Crippen LogP contribution in [-0.4, -0.2) is 24.7 Å². The molecule has 0 aliphatic rings. The smallest absolute Gasteiger partial charge is 0.241 e. The lowest BCUT2D eigenvalue weighted by Gasteiger charge is -2.06. The average Bonchev–Trinajstić information content (AvgIpc) is 2.85. The van der Waals surface area contributed by atoms with Gasteiger partial charge in [0.2, 0.25) is 10.0 Å². The third kappa shape index (κ3) is 3.56. The van der Waals surface area contributed by atoms with E-state index in [9.17, 15) is 8.42 Å². The molecule has 9 heteroatoms. The molecule has 0 radical (unpaired) electrons. The first-order chi connectivity index (χ1) is 8.88. The number of anilines is 1. The van der Waals surface area contributed by atoms with Crippen molar-refractivity contribution in [3.63, 3.8) is 0 Å². The second-order valence-corrected chi connectivity index (χ2v) is 8.28. The number of hydrogen-bond acceptors (Lipinski definition) is 5. The van der Waals surface area contributed by atoms with Gasteiger partial charge in [0.05, 0.1) is 27.1 Å². The van der Waals surface area contributed by atoms with E-state index >= 15 is 0 Å². The van der Waals surface area contributed by atoms with Crippen LogP contribution in [0.3, 0.4) is 0 Å². The summed E-state index contributed by atoms with van der Waals surface area (Å²) in [7, 11) is -3.48. The van der Waals surface area contributed by atoms with Gasteiger partial charge in [0.25, 0.3) is 0 Å². The molecule has 0 fully saturated rings. The summed E-state index contributed by atoms with van der Waals surface area (Å²) in [5.41, 5.74) is 6.08. The summed E-state index contributed by atoms with van der Waals surface area (Å²) in [6, 6.07) is 1.61. The van der Waals surface area contributed by atoms with Crippen molar-refractivity contribution in [2.75, 3.05) is 12.3 Å². The average molecular weight is 365 g/mol. The predicted molar refractivity (Wildman–Crippen MR) is 78.6 cm³/mol. The summed E-state index contributed by atoms with van der Waals surface area (Å²) in [6.07, 6.45) is 3.18. The Morgan fingerprint density at radius 1 is 1.58 bits per heavy atom. The van der Waals surface area contributed by atoms with Crippen molar-refractivity contribution < 1.29 is 8.42 Å². The van der Waals surface area contributed by atoms with Gasteiger partial charge in [0, 0.05) is 17.6 Å². The van der Waals surface area contributed by atoms with E-state index in [1.807, 2.05) is 0 Å². The first-order valence-corrected chi connectivity index (χ1v) is 8.51. The van der Waals surface area contributed by atoms with Crippen LogP contribution in [0.25, 0.3) is 0 Å². The molecule has 0 bridgehead atoms. The molecule has 0 amide bonds. The first-order valence-electron chi connectivity index (χ1n) is 5.42. The van der Waals surface area contributed by atoms with Crippen LogP contribution in [-0.2, 0) is 16.6 Å². The van der Waals surface area contributed by atoms with Gasteiger partial charge in [-0.1, -0.05) is 0 Å². The molecule has 2 rings (SSSR count). The van der Waals surface area contributed by atoms with Crippen LogP contribution in [0.15, 0.2) is 27.1 Å². The summed E-state index contributed by atoms with van der Waals surface area (Å²) in [6.45, 7) is 2.47. The fraction of sp³-hybridized carbons (Fsp3) is 0.300. The van der Waals surface area contributed by atoms with E-state index in [0.717, 1.165) is 8.66 Å². The number of aromatic nitrogens is 2. The predicted octanol–water partition coefficient (Wildman–Crippen LogP) is 1.58. The van der Waals surface area contributed by atoms with Crippen molar-refractivity contribution in [3.05, 3.63) is 27.1 Å². The van der Waals surface area contributed by atoms with Gasteiger partial charge in [-0.2, -0.15) is 5.10 Å². The summed E-state index contributed by atoms with van der Waals surface area (Å²) in [4.78, 5) is 1.06. The highest BCUT2D eigenvalue weighted by molar-refractivity contribution is 9.11. The number of rotatable bonds is 5. The minimum absolute atomic E-state index is 0.260. The monoisotopic (exact) mass is 364 g/mol. The Bertz CT molecular complexity index is 678. The third-order valence-corrected chi connectivity index (χ3v) is 5.69. The van der Waals surface area contributed by atoms with E-state index < -0.39 is 10.0 Å². The van der Waals surface area contributed by atoms with E-state index in [2.05, 4.69) is 25.8 Å². The van der Waals surface area contributed by atoms with Gasteiger partial charge < -0.3 is 5.73 Å². The van der Waals surface area contributed by atoms with Crippen molar-refractivity contribution in [2.24, 2.45) is 0 Å². The zero-order chi connectivity index (χ0) is 14.0. The molecule has 0 aliphatic carbocycles. The SMILES string of the molecule is Cc1sc(Br)cc1S(=O)(=O)NCCn1cc(N)cn1. The lowest BCUT2D eigenvalue weighted by Crippen LogP contribution is -2.27. The van der Waals surface area contributed by atoms with Crippen LogP contribution in [0.1, 0.15) is 4.88 Å². The Morgan fingerprint density at radius 2 is 2.32 bits per heavy atom. The highest BCUT2D eigenvalue weighted by atomic mass is 79.9. The lowest BCUT2D eigenvalue weighted by atomic mass is 10.5. The molecule has 2 heterocycles. The second kappa shape index (κ2) is 5.61. The summed E-state index contributed by atoms with van der Waals surface area (Å²) in [5, 5.41) is 3.98. The van der Waals surface area contributed by atoms with E-state index in [1.165, 1.54) is 17.5 Å². The number of thiophene rings is 1. The molecule has 3 N–H and O–H groups in total. The van der Waals surface area contributed by atoms with Crippen molar-refractivity contribution in [1.82, 2.24) is 14.5 Å². The topological polar surface area (TPSA) is 90.0 Å². The number of nitrogens with one attached hydrogen (secondary N) is 1. The molecule has 0 saturated heterocycles. The van der Waals surface area contributed by atoms with Crippen molar-refractivity contribution >= 4 is 43.0 Å². The Kier molecular flexibility index (Phi) is 4.29. The van der Waals surface area contributed by atoms with Gasteiger partial charge in [-0.05, 0) is 28.9 Å². The van der Waals surface area contributed by atoms with Gasteiger partial charge in [-0.15, -0.1) is 11.3 Å². The molecule has 104 valence electrons. The first kappa shape index (κ1) is 14.5. The number of sulfonamides is 1. The molecule has 19 heavy (non-hydrogen) atoms. The van der Waals surface area contributed by atoms with Crippen molar-refractivity contribution in [2.45, 2.75) is 18.4 Å². The van der Waals surface area contributed by atoms with E-state index in [0.29, 0.717) is 17.1 Å². The maximum atomic E-state index is 12.1. The molecule has 0 spiro atoms. The molecule has 0 unspecified atom stereocenters. The van der Waals surface area contributed by atoms with Crippen LogP contribution < -0.4 is 10.5 Å². The number of aryl methyl sites for hydroxylation is 1. The van der Waals surface area contributed by atoms with Crippen molar-refractivity contribution in [3.8, 4) is 0 Å². The summed E-state index contributed by atoms with van der Waals surface area (Å²) < 4.78 is 29.1. The zero-order valence-electron chi connectivity index (χ0n) is 10.1. The number of hydrogen-bond donors (Lipinski definition) is 2. The normalized spacial score (nSPS) is 11.9. The number of nitrogens with two attached hydrogens (primary N) is 1. The highest BCUT2D eigenvalue weighted by Crippen LogP contribution is 2.29. The Labute approximate surface area is 123 Å². The minimum atomic E-state index is -3.48. The number of nitrogen functional groups attached to an aromatic ring is 1. The third-order valence-electron chi connectivity index (χ3n) is 2.42. The lowest BCUT2D eigenvalue weighted by molar-refractivity contribution is 0.561. The summed E-state index contributed by atoms with van der Waals surface area (Å²) in [5.74, 6) is 0. The fourth-order valence-corrected chi connectivity index (χ4v) is 5.01. The second-order valence-electron chi connectivity index (χ2n) is 3.91. The molecule has 0 atom stereocenters. The Morgan fingerprint density at radius 3 is 2.84 bits per heavy atom. The molecule has 0 aliphatic heterocycles. The van der Waals surface area contributed by atoms with E-state index in [-0.39, 0.29) is 6.54 Å². The van der Waals surface area contributed by atoms with Gasteiger partial charge in [-0.3, -0.25) is 4.68 Å². The number of halogens is 1. The molecule has 2 aromatic heterocycles. The zero-order valence-corrected chi connectivity index (χ0v) is 13.3. The highest BCUT2D eigenvalue weighted by Gasteiger charge is 2.18. The minimum Gasteiger partial charge on any atom is -0.396 e. The summed E-state index contributed by atoms with van der Waals surface area (Å²) >= 11 is 4.67. The molecule has 0 aromatic carbocycles. The van der Waals surface area contributed by atoms with E-state index in [4.69, 9.17) is 5.73 Å². The van der Waals surface area contributed by atoms with Crippen LogP contribution in [0.5, 0.6) is 0 Å². The van der Waals surface area contributed by atoms with Crippen LogP contribution >= 0.6 is 27.3 Å². The quantitative estimate of drug-likeness (QED) is 0.842.